The van der Waals surface area contributed by atoms with Gasteiger partial charge in [-0.1, -0.05) is 52.5 Å². The second-order valence-corrected chi connectivity index (χ2v) is 9.87. The van der Waals surface area contributed by atoms with E-state index < -0.39 is 65.8 Å². The Labute approximate surface area is 228 Å². The molecule has 0 spiro atoms. The molecule has 3 N–H and O–H groups in total. The molecule has 1 aliphatic rings. The summed E-state index contributed by atoms with van der Waals surface area (Å²) in [6, 6.07) is 2.71. The van der Waals surface area contributed by atoms with Crippen molar-refractivity contribution in [3.05, 3.63) is 23.8 Å². The Morgan fingerprint density at radius 3 is 2.41 bits per heavy atom. The molecule has 0 radical (unpaired) electrons. The van der Waals surface area contributed by atoms with Crippen LogP contribution in [0.1, 0.15) is 83.5 Å². The summed E-state index contributed by atoms with van der Waals surface area (Å²) in [4.78, 5) is 63.1. The first-order valence-corrected chi connectivity index (χ1v) is 13.5. The molecule has 216 valence electrons. The second kappa shape index (κ2) is 15.1. The van der Waals surface area contributed by atoms with E-state index in [1.54, 1.807) is 6.92 Å². The Balaban J connectivity index is 2.35. The third kappa shape index (κ3) is 8.43. The molecule has 0 bridgehead atoms. The minimum absolute atomic E-state index is 0.000304. The van der Waals surface area contributed by atoms with Crippen LogP contribution in [-0.4, -0.2) is 59.7 Å². The molecule has 6 atom stereocenters. The largest absolute Gasteiger partial charge is 0.505 e. The Kier molecular flexibility index (Phi) is 12.2. The number of carbonyl (C=O) groups is 5. The predicted octanol–water partition coefficient (Wildman–Crippen LogP) is 3.48. The van der Waals surface area contributed by atoms with E-state index in [-0.39, 0.29) is 11.3 Å². The number of carbonyl (C=O) groups excluding carboxylic acids is 5. The van der Waals surface area contributed by atoms with Crippen LogP contribution >= 0.6 is 0 Å². The first-order chi connectivity index (χ1) is 18.5. The van der Waals surface area contributed by atoms with Crippen LogP contribution in [0.25, 0.3) is 0 Å². The summed E-state index contributed by atoms with van der Waals surface area (Å²) in [6.45, 7) is 8.60. The predicted molar refractivity (Wildman–Crippen MR) is 142 cm³/mol. The third-order valence-corrected chi connectivity index (χ3v) is 6.91. The summed E-state index contributed by atoms with van der Waals surface area (Å²) in [5.74, 6) is -4.70. The van der Waals surface area contributed by atoms with Gasteiger partial charge < -0.3 is 30.0 Å². The molecular formula is C28H40N2O9. The van der Waals surface area contributed by atoms with Crippen LogP contribution in [0.3, 0.4) is 0 Å². The van der Waals surface area contributed by atoms with Crippen molar-refractivity contribution in [2.45, 2.75) is 97.5 Å². The minimum Gasteiger partial charge on any atom is -0.505 e. The standard InChI is InChI=1S/C28H40N2O9/c1-6-8-9-10-12-20-24(39-26(34)16(3)7-2)18(5)38-28(36)22(17(4)37-27(20)35)30-25(33)19-13-11-14-21(23(19)32)29-15-31/h11,13-18,20,22,24,32H,6-10,12H2,1-5H3,(H,29,31)(H,30,33)/t16-,17-,18+,20-,22+,24+/m1/s1. The number of cyclic esters (lactones) is 2. The number of anilines is 1. The Morgan fingerprint density at radius 2 is 1.77 bits per heavy atom. The first kappa shape index (κ1) is 31.6. The molecule has 0 aromatic heterocycles. The fourth-order valence-corrected chi connectivity index (χ4v) is 4.29. The highest BCUT2D eigenvalue weighted by Gasteiger charge is 2.44. The zero-order chi connectivity index (χ0) is 29.1. The number of rotatable bonds is 12. The summed E-state index contributed by atoms with van der Waals surface area (Å²) in [5, 5.41) is 15.1. The van der Waals surface area contributed by atoms with Gasteiger partial charge in [0.1, 0.15) is 12.2 Å². The van der Waals surface area contributed by atoms with E-state index in [0.717, 1.165) is 19.3 Å². The van der Waals surface area contributed by atoms with Gasteiger partial charge in [0.05, 0.1) is 23.1 Å². The lowest BCUT2D eigenvalue weighted by atomic mass is 9.91. The fourth-order valence-electron chi connectivity index (χ4n) is 4.29. The van der Waals surface area contributed by atoms with Crippen molar-refractivity contribution in [2.24, 2.45) is 11.8 Å². The molecule has 1 heterocycles. The van der Waals surface area contributed by atoms with Gasteiger partial charge in [0.15, 0.2) is 17.9 Å². The lowest BCUT2D eigenvalue weighted by Crippen LogP contribution is -2.50. The molecule has 11 nitrogen and oxygen atoms in total. The summed E-state index contributed by atoms with van der Waals surface area (Å²) in [6.07, 6.45) is 1.57. The highest BCUT2D eigenvalue weighted by molar-refractivity contribution is 6.01. The second-order valence-electron chi connectivity index (χ2n) is 9.87. The average molecular weight is 549 g/mol. The SMILES string of the molecule is CCCCCC[C@H]1C(=O)O[C@H](C)[C@H](NC(=O)c2cccc(NC=O)c2O)C(=O)O[C@@H](C)[C@@H]1OC(=O)[C@H](C)CC. The number of hydrogen-bond acceptors (Lipinski definition) is 9. The van der Waals surface area contributed by atoms with E-state index >= 15 is 0 Å². The van der Waals surface area contributed by atoms with Crippen molar-refractivity contribution in [3.63, 3.8) is 0 Å². The van der Waals surface area contributed by atoms with Crippen molar-refractivity contribution in [1.29, 1.82) is 0 Å². The number of para-hydroxylation sites is 1. The number of amides is 2. The van der Waals surface area contributed by atoms with Crippen LogP contribution in [0.4, 0.5) is 5.69 Å². The number of aromatic hydroxyl groups is 1. The molecule has 1 fully saturated rings. The Bertz CT molecular complexity index is 1030. The number of benzene rings is 1. The highest BCUT2D eigenvalue weighted by atomic mass is 16.6. The number of phenolic OH excluding ortho intramolecular Hbond substituents is 1. The van der Waals surface area contributed by atoms with Crippen LogP contribution in [-0.2, 0) is 33.4 Å². The molecule has 11 heteroatoms. The molecule has 0 saturated carbocycles. The molecule has 2 amide bonds. The quantitative estimate of drug-likeness (QED) is 0.117. The van der Waals surface area contributed by atoms with Gasteiger partial charge in [0.2, 0.25) is 6.41 Å². The highest BCUT2D eigenvalue weighted by Crippen LogP contribution is 2.29. The van der Waals surface area contributed by atoms with Gasteiger partial charge in [-0.25, -0.2) is 4.79 Å². The number of ether oxygens (including phenoxy) is 3. The molecule has 39 heavy (non-hydrogen) atoms. The van der Waals surface area contributed by atoms with E-state index in [2.05, 4.69) is 17.6 Å². The Morgan fingerprint density at radius 1 is 1.08 bits per heavy atom. The number of phenols is 1. The van der Waals surface area contributed by atoms with E-state index in [4.69, 9.17) is 14.2 Å². The van der Waals surface area contributed by atoms with Crippen molar-refractivity contribution < 1.29 is 43.3 Å². The van der Waals surface area contributed by atoms with Gasteiger partial charge in [0, 0.05) is 0 Å². The summed E-state index contributed by atoms with van der Waals surface area (Å²) >= 11 is 0. The van der Waals surface area contributed by atoms with Crippen LogP contribution in [0, 0.1) is 11.8 Å². The minimum atomic E-state index is -1.42. The number of esters is 3. The van der Waals surface area contributed by atoms with Crippen LogP contribution in [0.15, 0.2) is 18.2 Å². The first-order valence-electron chi connectivity index (χ1n) is 13.5. The van der Waals surface area contributed by atoms with Crippen LogP contribution in [0.2, 0.25) is 0 Å². The van der Waals surface area contributed by atoms with E-state index in [1.807, 2.05) is 6.92 Å². The topological polar surface area (TPSA) is 157 Å². The van der Waals surface area contributed by atoms with Gasteiger partial charge >= 0.3 is 17.9 Å². The Hall–Kier alpha value is -3.63. The zero-order valence-electron chi connectivity index (χ0n) is 23.2. The monoisotopic (exact) mass is 548 g/mol. The fraction of sp³-hybridized carbons (Fsp3) is 0.607. The summed E-state index contributed by atoms with van der Waals surface area (Å²) < 4.78 is 17.0. The van der Waals surface area contributed by atoms with Crippen molar-refractivity contribution in [3.8, 4) is 5.75 Å². The summed E-state index contributed by atoms with van der Waals surface area (Å²) in [5.41, 5.74) is -0.213. The molecule has 0 unspecified atom stereocenters. The lowest BCUT2D eigenvalue weighted by Gasteiger charge is -2.30. The van der Waals surface area contributed by atoms with E-state index in [1.165, 1.54) is 32.0 Å². The van der Waals surface area contributed by atoms with E-state index in [0.29, 0.717) is 25.7 Å². The molecule has 1 aromatic carbocycles. The molecule has 1 aliphatic heterocycles. The van der Waals surface area contributed by atoms with Crippen LogP contribution < -0.4 is 10.6 Å². The lowest BCUT2D eigenvalue weighted by molar-refractivity contribution is -0.177. The number of unbranched alkanes of at least 4 members (excludes halogenated alkanes) is 3. The third-order valence-electron chi connectivity index (χ3n) is 6.91. The maximum Gasteiger partial charge on any atom is 0.332 e. The maximum absolute atomic E-state index is 13.4. The molecular weight excluding hydrogens is 508 g/mol. The van der Waals surface area contributed by atoms with Crippen LogP contribution in [0.5, 0.6) is 5.75 Å². The maximum atomic E-state index is 13.4. The normalized spacial score (nSPS) is 24.2. The van der Waals surface area contributed by atoms with Crippen molar-refractivity contribution >= 4 is 35.9 Å². The number of hydrogen-bond donors (Lipinski definition) is 3. The smallest absolute Gasteiger partial charge is 0.332 e. The number of nitrogens with one attached hydrogen (secondary N) is 2. The van der Waals surface area contributed by atoms with Gasteiger partial charge in [-0.05, 0) is 38.8 Å². The average Bonchev–Trinajstić information content (AvgIpc) is 2.92. The van der Waals surface area contributed by atoms with Crippen molar-refractivity contribution in [2.75, 3.05) is 5.32 Å². The van der Waals surface area contributed by atoms with Crippen molar-refractivity contribution in [1.82, 2.24) is 5.32 Å². The molecule has 0 aliphatic carbocycles. The molecule has 2 rings (SSSR count). The zero-order valence-corrected chi connectivity index (χ0v) is 23.2. The summed E-state index contributed by atoms with van der Waals surface area (Å²) in [7, 11) is 0. The van der Waals surface area contributed by atoms with Gasteiger partial charge in [-0.15, -0.1) is 0 Å². The molecule has 1 aromatic rings. The van der Waals surface area contributed by atoms with Gasteiger partial charge in [-0.3, -0.25) is 19.2 Å². The van der Waals surface area contributed by atoms with E-state index in [9.17, 15) is 29.1 Å². The van der Waals surface area contributed by atoms with Gasteiger partial charge in [-0.2, -0.15) is 0 Å². The molecule has 1 saturated heterocycles. The van der Waals surface area contributed by atoms with Gasteiger partial charge in [0.25, 0.3) is 5.91 Å².